The highest BCUT2D eigenvalue weighted by atomic mass is 79.9. The third-order valence-corrected chi connectivity index (χ3v) is 7.01. The van der Waals surface area contributed by atoms with E-state index in [1.54, 1.807) is 0 Å². The molecule has 0 amide bonds. The van der Waals surface area contributed by atoms with E-state index in [2.05, 4.69) is 125 Å². The molecular formula is C32H25BrN2O. The Labute approximate surface area is 220 Å². The molecule has 1 aromatic heterocycles. The van der Waals surface area contributed by atoms with Crippen molar-refractivity contribution in [1.29, 1.82) is 0 Å². The van der Waals surface area contributed by atoms with Gasteiger partial charge in [-0.3, -0.25) is 0 Å². The number of ether oxygens (including phenoxy) is 1. The number of rotatable bonds is 6. The van der Waals surface area contributed by atoms with E-state index in [0.717, 1.165) is 18.8 Å². The number of imidazole rings is 1. The van der Waals surface area contributed by atoms with Crippen molar-refractivity contribution in [2.45, 2.75) is 13.1 Å². The highest BCUT2D eigenvalue weighted by Gasteiger charge is 2.16. The predicted octanol–water partition coefficient (Wildman–Crippen LogP) is 3.96. The molecule has 0 radical (unpaired) electrons. The first-order valence-electron chi connectivity index (χ1n) is 12.2. The third-order valence-electron chi connectivity index (χ3n) is 7.01. The van der Waals surface area contributed by atoms with Crippen LogP contribution in [-0.4, -0.2) is 11.2 Å². The summed E-state index contributed by atoms with van der Waals surface area (Å²) in [6.07, 6.45) is 2.21. The van der Waals surface area contributed by atoms with Crippen LogP contribution in [-0.2, 0) is 13.1 Å². The molecule has 0 aliphatic heterocycles. The van der Waals surface area contributed by atoms with E-state index in [4.69, 9.17) is 4.74 Å². The molecule has 0 aliphatic carbocycles. The molecule has 176 valence electrons. The summed E-state index contributed by atoms with van der Waals surface area (Å²) < 4.78 is 10.9. The molecule has 3 nitrogen and oxygen atoms in total. The fourth-order valence-corrected chi connectivity index (χ4v) is 5.40. The molecule has 6 aromatic carbocycles. The lowest BCUT2D eigenvalue weighted by atomic mass is 9.94. The largest absolute Gasteiger partial charge is 1.00 e. The maximum absolute atomic E-state index is 6.31. The molecule has 4 heteroatoms. The maximum atomic E-state index is 6.31. The summed E-state index contributed by atoms with van der Waals surface area (Å²) in [6, 6.07) is 38.9. The Hall–Kier alpha value is -3.89. The first kappa shape index (κ1) is 22.6. The number of para-hydroxylation sites is 2. The molecule has 0 saturated carbocycles. The lowest BCUT2D eigenvalue weighted by Crippen LogP contribution is -3.00. The molecule has 0 fully saturated rings. The smallest absolute Gasteiger partial charge is 0.245 e. The molecule has 0 aliphatic rings. The summed E-state index contributed by atoms with van der Waals surface area (Å²) in [5.41, 5.74) is 3.76. The summed E-state index contributed by atoms with van der Waals surface area (Å²) >= 11 is 0. The minimum Gasteiger partial charge on any atom is -1.00 e. The second kappa shape index (κ2) is 9.29. The molecule has 0 atom stereocenters. The fourth-order valence-electron chi connectivity index (χ4n) is 5.40. The summed E-state index contributed by atoms with van der Waals surface area (Å²) in [5.74, 6) is 0.921. The molecular weight excluding hydrogens is 508 g/mol. The van der Waals surface area contributed by atoms with Crippen LogP contribution in [0, 0.1) is 0 Å². The van der Waals surface area contributed by atoms with Crippen LogP contribution in [0.25, 0.3) is 43.4 Å². The molecule has 0 bridgehead atoms. The van der Waals surface area contributed by atoms with Gasteiger partial charge in [0, 0.05) is 0 Å². The molecule has 1 heterocycles. The number of hydrogen-bond acceptors (Lipinski definition) is 1. The summed E-state index contributed by atoms with van der Waals surface area (Å²) in [6.45, 7) is 2.25. The highest BCUT2D eigenvalue weighted by Crippen LogP contribution is 2.36. The van der Waals surface area contributed by atoms with Crippen LogP contribution in [0.15, 0.2) is 116 Å². The second-order valence-corrected chi connectivity index (χ2v) is 9.21. The Kier molecular flexibility index (Phi) is 5.82. The number of hydrogen-bond donors (Lipinski definition) is 0. The molecule has 36 heavy (non-hydrogen) atoms. The topological polar surface area (TPSA) is 18.0 Å². The van der Waals surface area contributed by atoms with Crippen LogP contribution in [0.4, 0.5) is 0 Å². The number of nitrogens with zero attached hydrogens (tertiary/aromatic N) is 2. The minimum absolute atomic E-state index is 0. The monoisotopic (exact) mass is 532 g/mol. The van der Waals surface area contributed by atoms with Crippen LogP contribution in [0.1, 0.15) is 5.56 Å². The van der Waals surface area contributed by atoms with E-state index >= 15 is 0 Å². The van der Waals surface area contributed by atoms with Crippen LogP contribution < -0.4 is 26.3 Å². The van der Waals surface area contributed by atoms with Crippen molar-refractivity contribution in [3.63, 3.8) is 0 Å². The van der Waals surface area contributed by atoms with Gasteiger partial charge < -0.3 is 21.7 Å². The van der Waals surface area contributed by atoms with Crippen molar-refractivity contribution < 1.29 is 26.3 Å². The third kappa shape index (κ3) is 3.88. The van der Waals surface area contributed by atoms with Gasteiger partial charge in [-0.2, -0.15) is 0 Å². The Morgan fingerprint density at radius 2 is 1.28 bits per heavy atom. The zero-order valence-electron chi connectivity index (χ0n) is 19.8. The van der Waals surface area contributed by atoms with Gasteiger partial charge in [-0.05, 0) is 62.1 Å². The van der Waals surface area contributed by atoms with E-state index in [0.29, 0.717) is 6.61 Å². The van der Waals surface area contributed by atoms with Crippen molar-refractivity contribution in [1.82, 2.24) is 4.57 Å². The van der Waals surface area contributed by atoms with Crippen LogP contribution in [0.3, 0.4) is 0 Å². The van der Waals surface area contributed by atoms with Gasteiger partial charge in [-0.1, -0.05) is 84.9 Å². The number of aromatic nitrogens is 2. The normalized spacial score (nSPS) is 11.4. The lowest BCUT2D eigenvalue weighted by molar-refractivity contribution is -0.663. The fraction of sp³-hybridized carbons (Fsp3) is 0.0938. The van der Waals surface area contributed by atoms with Gasteiger partial charge in [0.15, 0.2) is 11.0 Å². The number of benzene rings is 6. The molecule has 7 rings (SSSR count). The molecule has 0 spiro atoms. The van der Waals surface area contributed by atoms with Crippen molar-refractivity contribution in [2.75, 3.05) is 6.61 Å². The average Bonchev–Trinajstić information content (AvgIpc) is 3.25. The van der Waals surface area contributed by atoms with Gasteiger partial charge in [0.2, 0.25) is 6.33 Å². The van der Waals surface area contributed by atoms with Crippen LogP contribution in [0.5, 0.6) is 5.75 Å². The summed E-state index contributed by atoms with van der Waals surface area (Å²) in [5, 5.41) is 7.71. The van der Waals surface area contributed by atoms with Crippen molar-refractivity contribution in [3.05, 3.63) is 121 Å². The Morgan fingerprint density at radius 1 is 0.639 bits per heavy atom. The number of halogens is 1. The number of fused-ring (bicyclic) bond motifs is 1. The molecule has 0 unspecified atom stereocenters. The predicted molar refractivity (Wildman–Crippen MR) is 143 cm³/mol. The Bertz CT molecular complexity index is 1740. The summed E-state index contributed by atoms with van der Waals surface area (Å²) in [7, 11) is 0. The first-order valence-corrected chi connectivity index (χ1v) is 12.2. The van der Waals surface area contributed by atoms with Crippen LogP contribution >= 0.6 is 0 Å². The first-order chi connectivity index (χ1) is 17.3. The van der Waals surface area contributed by atoms with Gasteiger partial charge in [-0.25, -0.2) is 9.13 Å². The average molecular weight is 533 g/mol. The minimum atomic E-state index is 0. The molecule has 7 aromatic rings. The van der Waals surface area contributed by atoms with E-state index in [-0.39, 0.29) is 17.0 Å². The highest BCUT2D eigenvalue weighted by molar-refractivity contribution is 6.23. The maximum Gasteiger partial charge on any atom is 0.245 e. The van der Waals surface area contributed by atoms with Gasteiger partial charge in [0.05, 0.1) is 0 Å². The molecule has 0 saturated heterocycles. The van der Waals surface area contributed by atoms with E-state index in [1.807, 2.05) is 0 Å². The van der Waals surface area contributed by atoms with Crippen LogP contribution in [0.2, 0.25) is 0 Å². The second-order valence-electron chi connectivity index (χ2n) is 9.21. The summed E-state index contributed by atoms with van der Waals surface area (Å²) in [4.78, 5) is 0. The quantitative estimate of drug-likeness (QED) is 0.234. The van der Waals surface area contributed by atoms with Gasteiger partial charge in [0.25, 0.3) is 0 Å². The zero-order chi connectivity index (χ0) is 23.2. The lowest BCUT2D eigenvalue weighted by Gasteiger charge is -2.13. The van der Waals surface area contributed by atoms with Crippen molar-refractivity contribution in [2.24, 2.45) is 0 Å². The van der Waals surface area contributed by atoms with E-state index in [1.165, 1.54) is 48.9 Å². The standard InChI is InChI=1S/C32H25N2O.BrH/c1-2-7-23(8-3-1)21-34-22-33(29-11-4-5-12-30(29)34)17-18-35-28-19-26-15-13-24-9-6-10-25-14-16-27(20-28)32(26)31(24)25;/h1-16,19-20,22H,17-18,21H2;1H/q+1;/p-1. The van der Waals surface area contributed by atoms with Gasteiger partial charge in [-0.15, -0.1) is 0 Å². The van der Waals surface area contributed by atoms with E-state index < -0.39 is 0 Å². The Balaban J connectivity index is 0.00000240. The van der Waals surface area contributed by atoms with Gasteiger partial charge >= 0.3 is 0 Å². The van der Waals surface area contributed by atoms with Gasteiger partial charge in [0.1, 0.15) is 25.4 Å². The zero-order valence-corrected chi connectivity index (χ0v) is 21.4. The van der Waals surface area contributed by atoms with E-state index in [9.17, 15) is 0 Å². The SMILES string of the molecule is [Br-].c1ccc(C[n+]2cn(CCOc3cc4ccc5cccc6ccc(c3)c4c56)c3ccccc32)cc1. The van der Waals surface area contributed by atoms with Crippen molar-refractivity contribution >= 4 is 43.4 Å². The van der Waals surface area contributed by atoms with Crippen molar-refractivity contribution in [3.8, 4) is 5.75 Å². The Morgan fingerprint density at radius 3 is 2.03 bits per heavy atom. The molecule has 0 N–H and O–H groups in total.